The standard InChI is InChI=1S/C4H4F3O3/c5-4(6,7)2-10-3(9)1-8/h1-2H2. The largest absolute Gasteiger partial charge is 0.454 e. The van der Waals surface area contributed by atoms with E-state index in [2.05, 4.69) is 4.74 Å². The van der Waals surface area contributed by atoms with Gasteiger partial charge >= 0.3 is 12.1 Å². The number of carbonyl (C=O) groups is 1. The SMILES string of the molecule is [O]CC(=O)OCC(F)(F)F. The zero-order valence-electron chi connectivity index (χ0n) is 4.77. The molecular formula is C4H4F3O3. The summed E-state index contributed by atoms with van der Waals surface area (Å²) < 4.78 is 37.0. The lowest BCUT2D eigenvalue weighted by Crippen LogP contribution is -2.21. The van der Waals surface area contributed by atoms with E-state index in [4.69, 9.17) is 0 Å². The van der Waals surface area contributed by atoms with Crippen molar-refractivity contribution in [1.82, 2.24) is 0 Å². The highest BCUT2D eigenvalue weighted by atomic mass is 19.4. The lowest BCUT2D eigenvalue weighted by Gasteiger charge is -2.04. The van der Waals surface area contributed by atoms with Crippen LogP contribution in [0.1, 0.15) is 0 Å². The van der Waals surface area contributed by atoms with Crippen molar-refractivity contribution in [3.05, 3.63) is 0 Å². The predicted octanol–water partition coefficient (Wildman–Crippen LogP) is 0.522. The number of esters is 1. The van der Waals surface area contributed by atoms with E-state index in [0.29, 0.717) is 0 Å². The van der Waals surface area contributed by atoms with Crippen molar-refractivity contribution < 1.29 is 27.8 Å². The Labute approximate surface area is 54.4 Å². The normalized spacial score (nSPS) is 11.2. The highest BCUT2D eigenvalue weighted by Gasteiger charge is 2.29. The number of carbonyl (C=O) groups excluding carboxylic acids is 1. The zero-order chi connectivity index (χ0) is 8.20. The Morgan fingerprint density at radius 1 is 1.40 bits per heavy atom. The molecule has 0 aliphatic carbocycles. The Kier molecular flexibility index (Phi) is 3.14. The van der Waals surface area contributed by atoms with E-state index in [-0.39, 0.29) is 0 Å². The van der Waals surface area contributed by atoms with Crippen LogP contribution in [0.5, 0.6) is 0 Å². The summed E-state index contributed by atoms with van der Waals surface area (Å²) in [6.07, 6.45) is -4.55. The molecule has 0 saturated heterocycles. The lowest BCUT2D eigenvalue weighted by atomic mass is 10.7. The lowest BCUT2D eigenvalue weighted by molar-refractivity contribution is -0.189. The number of halogens is 3. The van der Waals surface area contributed by atoms with Gasteiger partial charge in [-0.3, -0.25) is 0 Å². The van der Waals surface area contributed by atoms with E-state index in [1.165, 1.54) is 0 Å². The summed E-state index contributed by atoms with van der Waals surface area (Å²) in [5.74, 6) is -1.39. The molecular weight excluding hydrogens is 153 g/mol. The molecule has 0 rings (SSSR count). The molecule has 10 heavy (non-hydrogen) atoms. The highest BCUT2D eigenvalue weighted by Crippen LogP contribution is 2.14. The van der Waals surface area contributed by atoms with Crippen molar-refractivity contribution in [2.75, 3.05) is 13.2 Å². The maximum absolute atomic E-state index is 11.2. The summed E-state index contributed by atoms with van der Waals surface area (Å²) in [5.41, 5.74) is 0. The molecule has 0 heterocycles. The van der Waals surface area contributed by atoms with Crippen molar-refractivity contribution in [3.63, 3.8) is 0 Å². The van der Waals surface area contributed by atoms with Gasteiger partial charge in [0.15, 0.2) is 13.2 Å². The maximum atomic E-state index is 11.2. The van der Waals surface area contributed by atoms with Crippen LogP contribution in [0.25, 0.3) is 0 Å². The Bertz CT molecular complexity index is 119. The molecule has 0 bridgehead atoms. The molecule has 0 N–H and O–H groups in total. The summed E-state index contributed by atoms with van der Waals surface area (Å²) in [4.78, 5) is 9.82. The van der Waals surface area contributed by atoms with Gasteiger partial charge in [-0.2, -0.15) is 13.2 Å². The first-order valence-electron chi connectivity index (χ1n) is 2.26. The summed E-state index contributed by atoms with van der Waals surface area (Å²) in [5, 5.41) is 9.50. The highest BCUT2D eigenvalue weighted by molar-refractivity contribution is 5.70. The molecule has 0 fully saturated rings. The van der Waals surface area contributed by atoms with Gasteiger partial charge in [0.05, 0.1) is 0 Å². The van der Waals surface area contributed by atoms with E-state index in [0.717, 1.165) is 0 Å². The Hall–Kier alpha value is -0.780. The second-order valence-corrected chi connectivity index (χ2v) is 1.42. The van der Waals surface area contributed by atoms with Crippen LogP contribution in [0.3, 0.4) is 0 Å². The summed E-state index contributed by atoms with van der Waals surface area (Å²) >= 11 is 0. The summed E-state index contributed by atoms with van der Waals surface area (Å²) in [7, 11) is 0. The maximum Gasteiger partial charge on any atom is 0.422 e. The summed E-state index contributed by atoms with van der Waals surface area (Å²) in [6.45, 7) is -2.97. The summed E-state index contributed by atoms with van der Waals surface area (Å²) in [6, 6.07) is 0. The first kappa shape index (κ1) is 9.22. The Balaban J connectivity index is 3.46. The van der Waals surface area contributed by atoms with Gasteiger partial charge in [-0.05, 0) is 0 Å². The molecule has 3 nitrogen and oxygen atoms in total. The van der Waals surface area contributed by atoms with Gasteiger partial charge in [0, 0.05) is 0 Å². The third kappa shape index (κ3) is 5.36. The van der Waals surface area contributed by atoms with Gasteiger partial charge in [-0.25, -0.2) is 9.90 Å². The van der Waals surface area contributed by atoms with Crippen molar-refractivity contribution in [2.24, 2.45) is 0 Å². The quantitative estimate of drug-likeness (QED) is 0.548. The molecule has 0 amide bonds. The van der Waals surface area contributed by atoms with E-state index < -0.39 is 25.4 Å². The average Bonchev–Trinajstić information content (AvgIpc) is 1.81. The van der Waals surface area contributed by atoms with Crippen LogP contribution < -0.4 is 0 Å². The first-order chi connectivity index (χ1) is 4.45. The molecule has 0 spiro atoms. The molecule has 0 atom stereocenters. The third-order valence-electron chi connectivity index (χ3n) is 0.515. The second-order valence-electron chi connectivity index (χ2n) is 1.42. The molecule has 1 radical (unpaired) electrons. The molecule has 0 aromatic rings. The second kappa shape index (κ2) is 3.40. The van der Waals surface area contributed by atoms with Crippen LogP contribution in [0, 0.1) is 0 Å². The minimum atomic E-state index is -4.55. The molecule has 0 aromatic carbocycles. The van der Waals surface area contributed by atoms with Gasteiger partial charge in [0.1, 0.15) is 0 Å². The van der Waals surface area contributed by atoms with Crippen molar-refractivity contribution in [2.45, 2.75) is 6.18 Å². The fourth-order valence-corrected chi connectivity index (χ4v) is 0.204. The van der Waals surface area contributed by atoms with E-state index >= 15 is 0 Å². The van der Waals surface area contributed by atoms with Gasteiger partial charge in [-0.15, -0.1) is 0 Å². The molecule has 0 aliphatic rings. The minimum Gasteiger partial charge on any atom is -0.454 e. The fourth-order valence-electron chi connectivity index (χ4n) is 0.204. The average molecular weight is 157 g/mol. The van der Waals surface area contributed by atoms with Gasteiger partial charge < -0.3 is 4.74 Å². The molecule has 6 heteroatoms. The number of ether oxygens (including phenoxy) is 1. The smallest absolute Gasteiger partial charge is 0.422 e. The number of hydrogen-bond acceptors (Lipinski definition) is 2. The van der Waals surface area contributed by atoms with Crippen molar-refractivity contribution in [1.29, 1.82) is 0 Å². The van der Waals surface area contributed by atoms with Gasteiger partial charge in [-0.1, -0.05) is 0 Å². The fraction of sp³-hybridized carbons (Fsp3) is 0.750. The third-order valence-corrected chi connectivity index (χ3v) is 0.515. The monoisotopic (exact) mass is 157 g/mol. The van der Waals surface area contributed by atoms with Crippen molar-refractivity contribution >= 4 is 5.97 Å². The number of alkyl halides is 3. The molecule has 0 aromatic heterocycles. The Morgan fingerprint density at radius 3 is 2.20 bits per heavy atom. The zero-order valence-corrected chi connectivity index (χ0v) is 4.77. The van der Waals surface area contributed by atoms with Crippen molar-refractivity contribution in [3.8, 4) is 0 Å². The van der Waals surface area contributed by atoms with Crippen LogP contribution in [-0.2, 0) is 14.6 Å². The topological polar surface area (TPSA) is 46.2 Å². The van der Waals surface area contributed by atoms with Crippen LogP contribution in [0.4, 0.5) is 13.2 Å². The van der Waals surface area contributed by atoms with Crippen LogP contribution in [0.2, 0.25) is 0 Å². The van der Waals surface area contributed by atoms with E-state index in [9.17, 15) is 23.1 Å². The first-order valence-corrected chi connectivity index (χ1v) is 2.26. The van der Waals surface area contributed by atoms with Gasteiger partial charge in [0.2, 0.25) is 0 Å². The Morgan fingerprint density at radius 2 is 1.90 bits per heavy atom. The van der Waals surface area contributed by atoms with Crippen LogP contribution in [0.15, 0.2) is 0 Å². The van der Waals surface area contributed by atoms with E-state index in [1.54, 1.807) is 0 Å². The minimum absolute atomic E-state index is 1.28. The van der Waals surface area contributed by atoms with Gasteiger partial charge in [0.25, 0.3) is 0 Å². The van der Waals surface area contributed by atoms with Crippen LogP contribution >= 0.6 is 0 Å². The molecule has 0 saturated carbocycles. The molecule has 59 valence electrons. The molecule has 0 unspecified atom stereocenters. The number of hydrogen-bond donors (Lipinski definition) is 0. The predicted molar refractivity (Wildman–Crippen MR) is 22.6 cm³/mol. The van der Waals surface area contributed by atoms with E-state index in [1.807, 2.05) is 0 Å². The van der Waals surface area contributed by atoms with Crippen LogP contribution in [-0.4, -0.2) is 25.4 Å². The molecule has 0 aliphatic heterocycles. The number of rotatable bonds is 2.